The Hall–Kier alpha value is -1.82. The lowest BCUT2D eigenvalue weighted by molar-refractivity contribution is -0.142. The third kappa shape index (κ3) is 3.84. The monoisotopic (exact) mass is 292 g/mol. The lowest BCUT2D eigenvalue weighted by atomic mass is 10.2. The number of carbonyl (C=O) groups is 1. The van der Waals surface area contributed by atoms with Gasteiger partial charge in [0.1, 0.15) is 5.82 Å². The molecule has 20 heavy (non-hydrogen) atoms. The molecule has 6 heteroatoms. The maximum Gasteiger partial charge on any atom is 0.306 e. The summed E-state index contributed by atoms with van der Waals surface area (Å²) in [6.07, 6.45) is 0.371. The molecule has 0 radical (unpaired) electrons. The van der Waals surface area contributed by atoms with Crippen LogP contribution in [0, 0.1) is 0 Å². The van der Waals surface area contributed by atoms with Gasteiger partial charge >= 0.3 is 5.97 Å². The van der Waals surface area contributed by atoms with Gasteiger partial charge in [0.25, 0.3) is 5.56 Å². The van der Waals surface area contributed by atoms with Gasteiger partial charge in [0.2, 0.25) is 0 Å². The fraction of sp³-hybridized carbons (Fsp3) is 0.357. The summed E-state index contributed by atoms with van der Waals surface area (Å²) in [5.74, 6) is 1.65. The molecule has 0 unspecified atom stereocenters. The first-order chi connectivity index (χ1) is 9.70. The highest BCUT2D eigenvalue weighted by Gasteiger charge is 2.05. The van der Waals surface area contributed by atoms with Gasteiger partial charge in [-0.15, -0.1) is 0 Å². The highest BCUT2D eigenvalue weighted by Crippen LogP contribution is 2.12. The van der Waals surface area contributed by atoms with E-state index in [4.69, 9.17) is 4.74 Å². The summed E-state index contributed by atoms with van der Waals surface area (Å²) in [4.78, 5) is 30.2. The van der Waals surface area contributed by atoms with E-state index in [9.17, 15) is 9.59 Å². The zero-order valence-electron chi connectivity index (χ0n) is 11.2. The van der Waals surface area contributed by atoms with Crippen LogP contribution >= 0.6 is 11.8 Å². The molecule has 0 spiro atoms. The first kappa shape index (κ1) is 14.6. The van der Waals surface area contributed by atoms with E-state index in [-0.39, 0.29) is 11.5 Å². The number of fused-ring (bicyclic) bond motifs is 1. The maximum atomic E-state index is 11.8. The van der Waals surface area contributed by atoms with Crippen molar-refractivity contribution in [1.82, 2.24) is 9.97 Å². The van der Waals surface area contributed by atoms with Gasteiger partial charge in [-0.3, -0.25) is 9.59 Å². The van der Waals surface area contributed by atoms with Crippen LogP contribution in [-0.2, 0) is 15.3 Å². The number of hydrogen-bond donors (Lipinski definition) is 1. The molecule has 1 aromatic heterocycles. The molecule has 2 rings (SSSR count). The van der Waals surface area contributed by atoms with Gasteiger partial charge in [-0.1, -0.05) is 12.1 Å². The van der Waals surface area contributed by atoms with E-state index in [2.05, 4.69) is 9.97 Å². The van der Waals surface area contributed by atoms with Crippen molar-refractivity contribution in [3.05, 3.63) is 40.4 Å². The number of thioether (sulfide) groups is 1. The van der Waals surface area contributed by atoms with E-state index in [0.717, 1.165) is 0 Å². The lowest BCUT2D eigenvalue weighted by Gasteiger charge is -2.03. The Morgan fingerprint density at radius 1 is 1.40 bits per heavy atom. The molecule has 0 aliphatic heterocycles. The van der Waals surface area contributed by atoms with Crippen molar-refractivity contribution in [1.29, 1.82) is 0 Å². The lowest BCUT2D eigenvalue weighted by Crippen LogP contribution is -2.11. The molecule has 0 fully saturated rings. The number of hydrogen-bond acceptors (Lipinski definition) is 5. The van der Waals surface area contributed by atoms with Crippen LogP contribution in [0.2, 0.25) is 0 Å². The Morgan fingerprint density at radius 3 is 3.00 bits per heavy atom. The van der Waals surface area contributed by atoms with E-state index < -0.39 is 0 Å². The summed E-state index contributed by atoms with van der Waals surface area (Å²) >= 11 is 1.54. The molecule has 1 N–H and O–H groups in total. The third-order valence-electron chi connectivity index (χ3n) is 2.66. The number of aromatic amines is 1. The average Bonchev–Trinajstić information content (AvgIpc) is 2.44. The number of carbonyl (C=O) groups excluding carboxylic acids is 1. The molecule has 0 amide bonds. The van der Waals surface area contributed by atoms with Crippen LogP contribution < -0.4 is 5.56 Å². The summed E-state index contributed by atoms with van der Waals surface area (Å²) in [6.45, 7) is 2.19. The van der Waals surface area contributed by atoms with Crippen molar-refractivity contribution in [3.8, 4) is 0 Å². The highest BCUT2D eigenvalue weighted by molar-refractivity contribution is 7.98. The normalized spacial score (nSPS) is 10.7. The van der Waals surface area contributed by atoms with Crippen LogP contribution in [0.4, 0.5) is 0 Å². The van der Waals surface area contributed by atoms with Gasteiger partial charge in [-0.2, -0.15) is 11.8 Å². The van der Waals surface area contributed by atoms with Crippen LogP contribution in [0.3, 0.4) is 0 Å². The molecule has 1 heterocycles. The largest absolute Gasteiger partial charge is 0.466 e. The zero-order valence-corrected chi connectivity index (χ0v) is 12.0. The van der Waals surface area contributed by atoms with Crippen molar-refractivity contribution in [3.63, 3.8) is 0 Å². The average molecular weight is 292 g/mol. The number of esters is 1. The smallest absolute Gasteiger partial charge is 0.306 e. The van der Waals surface area contributed by atoms with Crippen LogP contribution in [0.15, 0.2) is 29.1 Å². The molecular weight excluding hydrogens is 276 g/mol. The second-order valence-corrected chi connectivity index (χ2v) is 5.24. The second kappa shape index (κ2) is 7.09. The molecule has 106 valence electrons. The molecule has 0 aliphatic carbocycles. The van der Waals surface area contributed by atoms with Gasteiger partial charge in [0.05, 0.1) is 29.7 Å². The van der Waals surface area contributed by atoms with Gasteiger partial charge in [-0.05, 0) is 19.1 Å². The van der Waals surface area contributed by atoms with E-state index >= 15 is 0 Å². The minimum Gasteiger partial charge on any atom is -0.466 e. The van der Waals surface area contributed by atoms with Crippen molar-refractivity contribution in [2.45, 2.75) is 19.1 Å². The van der Waals surface area contributed by atoms with E-state index in [1.54, 1.807) is 24.8 Å². The number of nitrogens with zero attached hydrogens (tertiary/aromatic N) is 1. The Labute approximate surface area is 120 Å². The van der Waals surface area contributed by atoms with Crippen molar-refractivity contribution in [2.75, 3.05) is 12.4 Å². The quantitative estimate of drug-likeness (QED) is 0.652. The van der Waals surface area contributed by atoms with Gasteiger partial charge in [0.15, 0.2) is 0 Å². The predicted molar refractivity (Wildman–Crippen MR) is 79.8 cm³/mol. The van der Waals surface area contributed by atoms with Gasteiger partial charge < -0.3 is 9.72 Å². The first-order valence-corrected chi connectivity index (χ1v) is 7.57. The molecular formula is C14H16N2O3S. The summed E-state index contributed by atoms with van der Waals surface area (Å²) in [5.41, 5.74) is 0.564. The van der Waals surface area contributed by atoms with Crippen LogP contribution in [0.25, 0.3) is 10.9 Å². The van der Waals surface area contributed by atoms with Gasteiger partial charge in [0, 0.05) is 5.75 Å². The number of nitrogens with one attached hydrogen (secondary N) is 1. The standard InChI is InChI=1S/C14H16N2O3S/c1-2-19-13(17)7-8-20-9-12-15-11-6-4-3-5-10(11)14(18)16-12/h3-6H,2,7-9H2,1H3,(H,15,16,18). The molecule has 0 atom stereocenters. The minimum atomic E-state index is -0.194. The number of aromatic nitrogens is 2. The number of ether oxygens (including phenoxy) is 1. The van der Waals surface area contributed by atoms with E-state index in [0.29, 0.717) is 41.3 Å². The van der Waals surface area contributed by atoms with Crippen molar-refractivity contribution < 1.29 is 9.53 Å². The maximum absolute atomic E-state index is 11.8. The molecule has 2 aromatic rings. The van der Waals surface area contributed by atoms with E-state index in [1.807, 2.05) is 18.2 Å². The molecule has 0 aliphatic rings. The molecule has 1 aromatic carbocycles. The predicted octanol–water partition coefficient (Wildman–Crippen LogP) is 2.11. The molecule has 0 bridgehead atoms. The molecule has 0 saturated carbocycles. The van der Waals surface area contributed by atoms with Crippen LogP contribution in [0.5, 0.6) is 0 Å². The second-order valence-electron chi connectivity index (χ2n) is 4.14. The summed E-state index contributed by atoms with van der Waals surface area (Å²) < 4.78 is 4.85. The number of rotatable bonds is 6. The topological polar surface area (TPSA) is 72.0 Å². The zero-order chi connectivity index (χ0) is 14.4. The SMILES string of the molecule is CCOC(=O)CCSCc1nc2ccccc2c(=O)[nH]1. The first-order valence-electron chi connectivity index (χ1n) is 6.42. The van der Waals surface area contributed by atoms with E-state index in [1.165, 1.54) is 0 Å². The summed E-state index contributed by atoms with van der Waals surface area (Å²) in [6, 6.07) is 7.23. The minimum absolute atomic E-state index is 0.128. The number of H-pyrrole nitrogens is 1. The van der Waals surface area contributed by atoms with Crippen molar-refractivity contribution >= 4 is 28.6 Å². The highest BCUT2D eigenvalue weighted by atomic mass is 32.2. The van der Waals surface area contributed by atoms with Crippen LogP contribution in [0.1, 0.15) is 19.2 Å². The Balaban J connectivity index is 1.94. The van der Waals surface area contributed by atoms with Crippen LogP contribution in [-0.4, -0.2) is 28.3 Å². The fourth-order valence-corrected chi connectivity index (χ4v) is 2.55. The Morgan fingerprint density at radius 2 is 2.20 bits per heavy atom. The Bertz CT molecular complexity index is 654. The molecule has 0 saturated heterocycles. The number of benzene rings is 1. The molecule has 5 nitrogen and oxygen atoms in total. The fourth-order valence-electron chi connectivity index (χ4n) is 1.76. The van der Waals surface area contributed by atoms with Crippen molar-refractivity contribution in [2.24, 2.45) is 0 Å². The van der Waals surface area contributed by atoms with Gasteiger partial charge in [-0.25, -0.2) is 4.98 Å². The number of para-hydroxylation sites is 1. The Kier molecular flexibility index (Phi) is 5.17. The summed E-state index contributed by atoms with van der Waals surface area (Å²) in [7, 11) is 0. The third-order valence-corrected chi connectivity index (χ3v) is 3.63. The summed E-state index contributed by atoms with van der Waals surface area (Å²) in [5, 5.41) is 0.591.